The summed E-state index contributed by atoms with van der Waals surface area (Å²) in [6.45, 7) is 0.809. The molecule has 15 heavy (non-hydrogen) atoms. The summed E-state index contributed by atoms with van der Waals surface area (Å²) >= 11 is 5.48. The maximum atomic E-state index is 12.9. The van der Waals surface area contributed by atoms with Crippen LogP contribution in [0.15, 0.2) is 18.2 Å². The van der Waals surface area contributed by atoms with E-state index in [0.29, 0.717) is 24.6 Å². The second-order valence-electron chi connectivity index (χ2n) is 3.14. The Morgan fingerprint density at radius 1 is 1.60 bits per heavy atom. The number of amides is 1. The minimum atomic E-state index is -0.381. The second kappa shape index (κ2) is 4.06. The molecule has 0 radical (unpaired) electrons. The molecular formula is C10H9ClFNO2. The predicted octanol–water partition coefficient (Wildman–Crippen LogP) is 1.79. The summed E-state index contributed by atoms with van der Waals surface area (Å²) in [5.74, 6) is -0.280. The van der Waals surface area contributed by atoms with Crippen LogP contribution in [0.5, 0.6) is 5.75 Å². The summed E-state index contributed by atoms with van der Waals surface area (Å²) < 4.78 is 18.1. The first kappa shape index (κ1) is 10.2. The molecule has 0 fully saturated rings. The molecule has 0 aromatic heterocycles. The number of halogens is 2. The maximum Gasteiger partial charge on any atom is 0.242 e. The van der Waals surface area contributed by atoms with E-state index in [1.807, 2.05) is 0 Å². The second-order valence-corrected chi connectivity index (χ2v) is 3.41. The monoisotopic (exact) mass is 229 g/mol. The average molecular weight is 230 g/mol. The Morgan fingerprint density at radius 3 is 3.13 bits per heavy atom. The van der Waals surface area contributed by atoms with Gasteiger partial charge in [-0.05, 0) is 12.1 Å². The van der Waals surface area contributed by atoms with Crippen molar-refractivity contribution in [2.24, 2.45) is 0 Å². The van der Waals surface area contributed by atoms with Crippen LogP contribution < -0.4 is 9.64 Å². The summed E-state index contributed by atoms with van der Waals surface area (Å²) in [6.07, 6.45) is 0. The Morgan fingerprint density at radius 2 is 2.40 bits per heavy atom. The fourth-order valence-corrected chi connectivity index (χ4v) is 1.67. The quantitative estimate of drug-likeness (QED) is 0.688. The SMILES string of the molecule is O=C(CCl)N1CCOc2cc(F)ccc21. The van der Waals surface area contributed by atoms with Crippen molar-refractivity contribution in [2.75, 3.05) is 23.9 Å². The van der Waals surface area contributed by atoms with E-state index in [2.05, 4.69) is 0 Å². The van der Waals surface area contributed by atoms with Gasteiger partial charge >= 0.3 is 0 Å². The molecule has 1 aromatic rings. The smallest absolute Gasteiger partial charge is 0.242 e. The third kappa shape index (κ3) is 1.90. The first-order chi connectivity index (χ1) is 7.22. The molecule has 0 aliphatic carbocycles. The van der Waals surface area contributed by atoms with Gasteiger partial charge < -0.3 is 9.64 Å². The fraction of sp³-hybridized carbons (Fsp3) is 0.300. The van der Waals surface area contributed by atoms with Gasteiger partial charge in [0.05, 0.1) is 12.2 Å². The van der Waals surface area contributed by atoms with Crippen molar-refractivity contribution in [1.29, 1.82) is 0 Å². The molecule has 1 aromatic carbocycles. The third-order valence-corrected chi connectivity index (χ3v) is 2.43. The number of carbonyl (C=O) groups excluding carboxylic acids is 1. The zero-order valence-corrected chi connectivity index (χ0v) is 8.63. The molecule has 0 bridgehead atoms. The number of alkyl halides is 1. The Bertz CT molecular complexity index is 397. The zero-order chi connectivity index (χ0) is 10.8. The summed E-state index contributed by atoms with van der Waals surface area (Å²) in [4.78, 5) is 13.0. The zero-order valence-electron chi connectivity index (χ0n) is 7.87. The minimum absolute atomic E-state index is 0.0865. The lowest BCUT2D eigenvalue weighted by atomic mass is 10.2. The van der Waals surface area contributed by atoms with Crippen LogP contribution in [-0.2, 0) is 4.79 Å². The van der Waals surface area contributed by atoms with E-state index in [1.54, 1.807) is 0 Å². The van der Waals surface area contributed by atoms with Crippen molar-refractivity contribution in [3.05, 3.63) is 24.0 Å². The van der Waals surface area contributed by atoms with E-state index in [-0.39, 0.29) is 17.6 Å². The Balaban J connectivity index is 2.38. The summed E-state index contributed by atoms with van der Waals surface area (Å²) in [5.41, 5.74) is 0.577. The molecule has 1 aliphatic heterocycles. The number of hydrogen-bond donors (Lipinski definition) is 0. The molecule has 0 N–H and O–H groups in total. The first-order valence-electron chi connectivity index (χ1n) is 4.51. The van der Waals surface area contributed by atoms with Crippen LogP contribution in [0.4, 0.5) is 10.1 Å². The van der Waals surface area contributed by atoms with Gasteiger partial charge in [-0.25, -0.2) is 4.39 Å². The van der Waals surface area contributed by atoms with E-state index in [4.69, 9.17) is 16.3 Å². The Hall–Kier alpha value is -1.29. The number of anilines is 1. The van der Waals surface area contributed by atoms with Gasteiger partial charge in [-0.3, -0.25) is 4.79 Å². The lowest BCUT2D eigenvalue weighted by Crippen LogP contribution is -2.38. The molecule has 3 nitrogen and oxygen atoms in total. The third-order valence-electron chi connectivity index (χ3n) is 2.20. The molecule has 0 saturated carbocycles. The van der Waals surface area contributed by atoms with Crippen LogP contribution in [-0.4, -0.2) is 24.9 Å². The van der Waals surface area contributed by atoms with Crippen LogP contribution in [0.25, 0.3) is 0 Å². The van der Waals surface area contributed by atoms with Gasteiger partial charge in [-0.1, -0.05) is 0 Å². The summed E-state index contributed by atoms with van der Waals surface area (Å²) in [5, 5.41) is 0. The number of ether oxygens (including phenoxy) is 1. The number of rotatable bonds is 1. The fourth-order valence-electron chi connectivity index (χ4n) is 1.53. The lowest BCUT2D eigenvalue weighted by Gasteiger charge is -2.28. The van der Waals surface area contributed by atoms with Gasteiger partial charge in [0.1, 0.15) is 24.1 Å². The van der Waals surface area contributed by atoms with Gasteiger partial charge in [0, 0.05) is 6.07 Å². The average Bonchev–Trinajstić information content (AvgIpc) is 2.26. The highest BCUT2D eigenvalue weighted by Gasteiger charge is 2.23. The van der Waals surface area contributed by atoms with E-state index < -0.39 is 0 Å². The molecule has 1 aliphatic rings. The van der Waals surface area contributed by atoms with E-state index in [9.17, 15) is 9.18 Å². The number of benzene rings is 1. The molecule has 0 saturated heterocycles. The van der Waals surface area contributed by atoms with E-state index in [1.165, 1.54) is 23.1 Å². The van der Waals surface area contributed by atoms with Gasteiger partial charge in [-0.2, -0.15) is 0 Å². The summed E-state index contributed by atoms with van der Waals surface area (Å²) in [6, 6.07) is 4.08. The first-order valence-corrected chi connectivity index (χ1v) is 5.04. The van der Waals surface area contributed by atoms with Crippen molar-refractivity contribution < 1.29 is 13.9 Å². The molecule has 1 heterocycles. The number of nitrogens with zero attached hydrogens (tertiary/aromatic N) is 1. The molecule has 0 spiro atoms. The van der Waals surface area contributed by atoms with Crippen LogP contribution in [0, 0.1) is 5.82 Å². The molecule has 5 heteroatoms. The Kier molecular flexibility index (Phi) is 2.77. The van der Waals surface area contributed by atoms with Crippen LogP contribution in [0.2, 0.25) is 0 Å². The highest BCUT2D eigenvalue weighted by molar-refractivity contribution is 6.29. The highest BCUT2D eigenvalue weighted by Crippen LogP contribution is 2.32. The highest BCUT2D eigenvalue weighted by atomic mass is 35.5. The van der Waals surface area contributed by atoms with Crippen molar-refractivity contribution in [3.8, 4) is 5.75 Å². The van der Waals surface area contributed by atoms with Gasteiger partial charge in [0.15, 0.2) is 0 Å². The van der Waals surface area contributed by atoms with E-state index in [0.717, 1.165) is 0 Å². The van der Waals surface area contributed by atoms with E-state index >= 15 is 0 Å². The van der Waals surface area contributed by atoms with Gasteiger partial charge in [0.2, 0.25) is 5.91 Å². The standard InChI is InChI=1S/C10H9ClFNO2/c11-6-10(14)13-3-4-15-9-5-7(12)1-2-8(9)13/h1-2,5H,3-4,6H2. The number of fused-ring (bicyclic) bond motifs is 1. The molecule has 2 rings (SSSR count). The Labute approximate surface area is 91.4 Å². The molecular weight excluding hydrogens is 221 g/mol. The minimum Gasteiger partial charge on any atom is -0.489 e. The largest absolute Gasteiger partial charge is 0.489 e. The van der Waals surface area contributed by atoms with Crippen molar-refractivity contribution in [1.82, 2.24) is 0 Å². The van der Waals surface area contributed by atoms with Crippen molar-refractivity contribution in [2.45, 2.75) is 0 Å². The van der Waals surface area contributed by atoms with Crippen LogP contribution in [0.1, 0.15) is 0 Å². The molecule has 0 atom stereocenters. The van der Waals surface area contributed by atoms with Crippen molar-refractivity contribution >= 4 is 23.2 Å². The van der Waals surface area contributed by atoms with Crippen LogP contribution in [0.3, 0.4) is 0 Å². The molecule has 80 valence electrons. The number of hydrogen-bond acceptors (Lipinski definition) is 2. The van der Waals surface area contributed by atoms with Gasteiger partial charge in [0.25, 0.3) is 0 Å². The van der Waals surface area contributed by atoms with Crippen molar-refractivity contribution in [3.63, 3.8) is 0 Å². The molecule has 1 amide bonds. The number of carbonyl (C=O) groups is 1. The summed E-state index contributed by atoms with van der Waals surface area (Å²) in [7, 11) is 0. The normalized spacial score (nSPS) is 14.4. The topological polar surface area (TPSA) is 29.5 Å². The lowest BCUT2D eigenvalue weighted by molar-refractivity contribution is -0.116. The maximum absolute atomic E-state index is 12.9. The van der Waals surface area contributed by atoms with Crippen LogP contribution >= 0.6 is 11.6 Å². The van der Waals surface area contributed by atoms with Gasteiger partial charge in [-0.15, -0.1) is 11.6 Å². The molecule has 0 unspecified atom stereocenters. The predicted molar refractivity (Wildman–Crippen MR) is 55.0 cm³/mol.